The van der Waals surface area contributed by atoms with Crippen LogP contribution in [0.1, 0.15) is 73.1 Å². The van der Waals surface area contributed by atoms with E-state index in [4.69, 9.17) is 9.47 Å². The molecule has 0 spiro atoms. The van der Waals surface area contributed by atoms with Crippen LogP contribution in [0.3, 0.4) is 0 Å². The quantitative estimate of drug-likeness (QED) is 0.639. The SMILES string of the molecule is CCC(C)(C)C(=O)O[C@H]1C[C@@H](C)C=C2C=C[C@H](C)[C@H](CCC3CC(O)CC(=O)O3)[C@H]21. The molecule has 1 saturated heterocycles. The van der Waals surface area contributed by atoms with Crippen LogP contribution in [0, 0.1) is 29.1 Å². The van der Waals surface area contributed by atoms with Crippen LogP contribution < -0.4 is 0 Å². The van der Waals surface area contributed by atoms with E-state index < -0.39 is 11.5 Å². The van der Waals surface area contributed by atoms with Gasteiger partial charge in [-0.15, -0.1) is 0 Å². The molecule has 0 amide bonds. The van der Waals surface area contributed by atoms with E-state index in [2.05, 4.69) is 32.1 Å². The van der Waals surface area contributed by atoms with E-state index >= 15 is 0 Å². The smallest absolute Gasteiger partial charge is 0.311 e. The molecular weight excluding hydrogens is 380 g/mol. The standard InChI is InChI=1S/C25H38O5/c1-6-25(4,5)24(28)30-21-12-15(2)11-17-8-7-16(3)20(23(17)21)10-9-19-13-18(26)14-22(27)29-19/h7-8,11,15-16,18-21,23,26H,6,9-10,12-14H2,1-5H3/t15-,16-,18?,19?,20-,21-,23-/m0/s1. The summed E-state index contributed by atoms with van der Waals surface area (Å²) < 4.78 is 11.6. The van der Waals surface area contributed by atoms with Gasteiger partial charge < -0.3 is 14.6 Å². The molecule has 0 radical (unpaired) electrons. The Bertz CT molecular complexity index is 706. The van der Waals surface area contributed by atoms with Gasteiger partial charge in [-0.2, -0.15) is 0 Å². The lowest BCUT2D eigenvalue weighted by atomic mass is 9.65. The molecule has 1 heterocycles. The summed E-state index contributed by atoms with van der Waals surface area (Å²) in [6.07, 6.45) is 9.61. The summed E-state index contributed by atoms with van der Waals surface area (Å²) in [7, 11) is 0. The first-order valence-electron chi connectivity index (χ1n) is 11.6. The van der Waals surface area contributed by atoms with Crippen molar-refractivity contribution in [3.63, 3.8) is 0 Å². The van der Waals surface area contributed by atoms with E-state index in [1.54, 1.807) is 0 Å². The third kappa shape index (κ3) is 5.16. The largest absolute Gasteiger partial charge is 0.462 e. The number of aliphatic hydroxyl groups is 1. The maximum Gasteiger partial charge on any atom is 0.311 e. The molecule has 5 heteroatoms. The molecule has 0 saturated carbocycles. The number of carbonyl (C=O) groups is 2. The maximum absolute atomic E-state index is 12.9. The first kappa shape index (κ1) is 23.1. The fourth-order valence-corrected chi connectivity index (χ4v) is 5.08. The zero-order valence-corrected chi connectivity index (χ0v) is 19.1. The molecule has 7 atom stereocenters. The average Bonchev–Trinajstić information content (AvgIpc) is 2.66. The number of carbonyl (C=O) groups excluding carboxylic acids is 2. The minimum atomic E-state index is -0.601. The number of ether oxygens (including phenoxy) is 2. The summed E-state index contributed by atoms with van der Waals surface area (Å²) in [4.78, 5) is 24.6. The first-order chi connectivity index (χ1) is 14.1. The molecule has 0 aromatic carbocycles. The van der Waals surface area contributed by atoms with Gasteiger partial charge in [0, 0.05) is 12.3 Å². The number of hydrogen-bond acceptors (Lipinski definition) is 5. The Morgan fingerprint density at radius 2 is 2.00 bits per heavy atom. The summed E-state index contributed by atoms with van der Waals surface area (Å²) >= 11 is 0. The summed E-state index contributed by atoms with van der Waals surface area (Å²) in [6.45, 7) is 10.3. The lowest BCUT2D eigenvalue weighted by Gasteiger charge is -2.44. The lowest BCUT2D eigenvalue weighted by Crippen LogP contribution is -2.43. The highest BCUT2D eigenvalue weighted by Crippen LogP contribution is 2.45. The van der Waals surface area contributed by atoms with Crippen LogP contribution in [0.25, 0.3) is 0 Å². The van der Waals surface area contributed by atoms with Gasteiger partial charge in [-0.1, -0.05) is 39.0 Å². The molecule has 30 heavy (non-hydrogen) atoms. The predicted molar refractivity (Wildman–Crippen MR) is 115 cm³/mol. The molecule has 3 rings (SSSR count). The Hall–Kier alpha value is -1.62. The van der Waals surface area contributed by atoms with Crippen molar-refractivity contribution in [1.29, 1.82) is 0 Å². The minimum Gasteiger partial charge on any atom is -0.462 e. The highest BCUT2D eigenvalue weighted by molar-refractivity contribution is 5.76. The van der Waals surface area contributed by atoms with E-state index in [0.717, 1.165) is 25.7 Å². The molecule has 168 valence electrons. The Labute approximate surface area is 180 Å². The third-order valence-electron chi connectivity index (χ3n) is 7.35. The number of allylic oxidation sites excluding steroid dienone is 3. The maximum atomic E-state index is 12.9. The van der Waals surface area contributed by atoms with Gasteiger partial charge >= 0.3 is 11.9 Å². The van der Waals surface area contributed by atoms with Gasteiger partial charge in [0.25, 0.3) is 0 Å². The fourth-order valence-electron chi connectivity index (χ4n) is 5.08. The van der Waals surface area contributed by atoms with Crippen LogP contribution in [0.15, 0.2) is 23.8 Å². The van der Waals surface area contributed by atoms with Crippen LogP contribution in [-0.4, -0.2) is 35.4 Å². The molecule has 0 bridgehead atoms. The van der Waals surface area contributed by atoms with Crippen LogP contribution in [0.5, 0.6) is 0 Å². The van der Waals surface area contributed by atoms with Gasteiger partial charge in [-0.05, 0) is 62.9 Å². The zero-order chi connectivity index (χ0) is 22.1. The van der Waals surface area contributed by atoms with Crippen molar-refractivity contribution in [2.24, 2.45) is 29.1 Å². The van der Waals surface area contributed by atoms with E-state index in [1.807, 2.05) is 20.8 Å². The third-order valence-corrected chi connectivity index (χ3v) is 7.35. The van der Waals surface area contributed by atoms with Crippen molar-refractivity contribution in [3.05, 3.63) is 23.8 Å². The van der Waals surface area contributed by atoms with Gasteiger partial charge in [0.05, 0.1) is 17.9 Å². The van der Waals surface area contributed by atoms with Gasteiger partial charge in [-0.25, -0.2) is 0 Å². The van der Waals surface area contributed by atoms with E-state index in [0.29, 0.717) is 24.2 Å². The van der Waals surface area contributed by atoms with Crippen molar-refractivity contribution in [3.8, 4) is 0 Å². The second kappa shape index (κ2) is 9.25. The van der Waals surface area contributed by atoms with Crippen LogP contribution in [0.2, 0.25) is 0 Å². The molecule has 2 unspecified atom stereocenters. The van der Waals surface area contributed by atoms with Crippen molar-refractivity contribution < 1.29 is 24.2 Å². The van der Waals surface area contributed by atoms with Crippen LogP contribution in [0.4, 0.5) is 0 Å². The molecule has 5 nitrogen and oxygen atoms in total. The average molecular weight is 419 g/mol. The number of fused-ring (bicyclic) bond motifs is 1. The lowest BCUT2D eigenvalue weighted by molar-refractivity contribution is -0.166. The van der Waals surface area contributed by atoms with Crippen molar-refractivity contribution in [2.45, 2.75) is 91.5 Å². The van der Waals surface area contributed by atoms with E-state index in [-0.39, 0.29) is 36.5 Å². The van der Waals surface area contributed by atoms with Crippen molar-refractivity contribution >= 4 is 11.9 Å². The fraction of sp³-hybridized carbons (Fsp3) is 0.760. The second-order valence-corrected chi connectivity index (χ2v) is 10.3. The summed E-state index contributed by atoms with van der Waals surface area (Å²) in [5.41, 5.74) is 0.785. The Morgan fingerprint density at radius 3 is 2.67 bits per heavy atom. The van der Waals surface area contributed by atoms with Gasteiger partial charge in [0.15, 0.2) is 0 Å². The molecule has 0 aromatic rings. The van der Waals surface area contributed by atoms with Crippen molar-refractivity contribution in [1.82, 2.24) is 0 Å². The Balaban J connectivity index is 1.76. The molecule has 1 N–H and O–H groups in total. The molecular formula is C25H38O5. The first-order valence-corrected chi connectivity index (χ1v) is 11.6. The molecule has 2 aliphatic carbocycles. The number of esters is 2. The highest BCUT2D eigenvalue weighted by Gasteiger charge is 2.43. The monoisotopic (exact) mass is 418 g/mol. The Kier molecular flexibility index (Phi) is 7.11. The molecule has 1 aliphatic heterocycles. The molecule has 3 aliphatic rings. The number of hydrogen-bond donors (Lipinski definition) is 1. The second-order valence-electron chi connectivity index (χ2n) is 10.3. The summed E-state index contributed by atoms with van der Waals surface area (Å²) in [5, 5.41) is 9.92. The number of cyclic esters (lactones) is 1. The van der Waals surface area contributed by atoms with E-state index in [1.165, 1.54) is 5.57 Å². The molecule has 0 aromatic heterocycles. The van der Waals surface area contributed by atoms with E-state index in [9.17, 15) is 14.7 Å². The number of aliphatic hydroxyl groups excluding tert-OH is 1. The summed E-state index contributed by atoms with van der Waals surface area (Å²) in [6, 6.07) is 0. The van der Waals surface area contributed by atoms with Crippen molar-refractivity contribution in [2.75, 3.05) is 0 Å². The van der Waals surface area contributed by atoms with Gasteiger partial charge in [0.1, 0.15) is 12.2 Å². The predicted octanol–water partition coefficient (Wildman–Crippen LogP) is 4.59. The van der Waals surface area contributed by atoms with Crippen LogP contribution in [-0.2, 0) is 19.1 Å². The number of rotatable bonds is 6. The van der Waals surface area contributed by atoms with Gasteiger partial charge in [-0.3, -0.25) is 9.59 Å². The highest BCUT2D eigenvalue weighted by atomic mass is 16.6. The van der Waals surface area contributed by atoms with Crippen LogP contribution >= 0.6 is 0 Å². The topological polar surface area (TPSA) is 72.8 Å². The normalized spacial score (nSPS) is 36.5. The molecule has 1 fully saturated rings. The summed E-state index contributed by atoms with van der Waals surface area (Å²) in [5.74, 6) is 0.776. The van der Waals surface area contributed by atoms with Gasteiger partial charge in [0.2, 0.25) is 0 Å². The Morgan fingerprint density at radius 1 is 1.27 bits per heavy atom. The zero-order valence-electron chi connectivity index (χ0n) is 19.1. The minimum absolute atomic E-state index is 0.0949.